The average Bonchev–Trinajstić information content (AvgIpc) is 3.15. The average molecular weight is 426 g/mol. The smallest absolute Gasteiger partial charge is 0.193 e. The van der Waals surface area contributed by atoms with Crippen LogP contribution in [0.5, 0.6) is 0 Å². The molecule has 1 aromatic heterocycles. The Balaban J connectivity index is 1.39. The molecule has 1 aromatic carbocycles. The van der Waals surface area contributed by atoms with Crippen LogP contribution in [-0.4, -0.2) is 78.9 Å². The van der Waals surface area contributed by atoms with Gasteiger partial charge in [0.1, 0.15) is 0 Å². The predicted octanol–water partition coefficient (Wildman–Crippen LogP) is 2.76. The van der Waals surface area contributed by atoms with Crippen molar-refractivity contribution in [2.24, 2.45) is 12.0 Å². The largest absolute Gasteiger partial charge is 0.369 e. The number of guanidine groups is 1. The van der Waals surface area contributed by atoms with Gasteiger partial charge in [0.05, 0.1) is 5.69 Å². The predicted molar refractivity (Wildman–Crippen MR) is 130 cm³/mol. The fourth-order valence-corrected chi connectivity index (χ4v) is 4.25. The quantitative estimate of drug-likeness (QED) is 0.400. The number of hydrogen-bond donors (Lipinski definition) is 1. The van der Waals surface area contributed by atoms with Crippen molar-refractivity contribution in [2.75, 3.05) is 58.3 Å². The molecule has 0 bridgehead atoms. The fourth-order valence-electron chi connectivity index (χ4n) is 4.25. The van der Waals surface area contributed by atoms with Crippen molar-refractivity contribution in [1.29, 1.82) is 0 Å². The van der Waals surface area contributed by atoms with Gasteiger partial charge in [-0.3, -0.25) is 14.6 Å². The van der Waals surface area contributed by atoms with Gasteiger partial charge in [-0.1, -0.05) is 32.0 Å². The molecule has 7 heteroatoms. The minimum Gasteiger partial charge on any atom is -0.369 e. The lowest BCUT2D eigenvalue weighted by atomic mass is 10.1. The van der Waals surface area contributed by atoms with Crippen molar-refractivity contribution in [3.8, 4) is 0 Å². The summed E-state index contributed by atoms with van der Waals surface area (Å²) in [5.41, 5.74) is 3.77. The first-order valence-corrected chi connectivity index (χ1v) is 11.4. The van der Waals surface area contributed by atoms with Gasteiger partial charge in [-0.2, -0.15) is 5.10 Å². The molecule has 0 atom stereocenters. The van der Waals surface area contributed by atoms with Crippen molar-refractivity contribution in [3.63, 3.8) is 0 Å². The minimum absolute atomic E-state index is 0.418. The van der Waals surface area contributed by atoms with Crippen LogP contribution in [0.15, 0.2) is 41.5 Å². The van der Waals surface area contributed by atoms with Crippen molar-refractivity contribution in [1.82, 2.24) is 24.9 Å². The molecule has 0 amide bonds. The molecule has 1 aliphatic heterocycles. The van der Waals surface area contributed by atoms with Crippen LogP contribution < -0.4 is 10.2 Å². The van der Waals surface area contributed by atoms with Gasteiger partial charge in [-0.15, -0.1) is 0 Å². The molecule has 1 saturated heterocycles. The molecule has 0 unspecified atom stereocenters. The molecule has 1 aliphatic rings. The Morgan fingerprint density at radius 2 is 1.87 bits per heavy atom. The number of aromatic nitrogens is 2. The molecule has 1 fully saturated rings. The maximum absolute atomic E-state index is 4.62. The summed E-state index contributed by atoms with van der Waals surface area (Å²) in [7, 11) is 5.94. The van der Waals surface area contributed by atoms with Crippen molar-refractivity contribution in [2.45, 2.75) is 32.7 Å². The monoisotopic (exact) mass is 425 g/mol. The molecule has 0 saturated carbocycles. The van der Waals surface area contributed by atoms with E-state index >= 15 is 0 Å². The van der Waals surface area contributed by atoms with Gasteiger partial charge >= 0.3 is 0 Å². The summed E-state index contributed by atoms with van der Waals surface area (Å²) >= 11 is 0. The Bertz CT molecular complexity index is 820. The highest BCUT2D eigenvalue weighted by atomic mass is 15.3. The molecular weight excluding hydrogens is 386 g/mol. The number of nitrogens with zero attached hydrogens (tertiary/aromatic N) is 6. The number of piperazine rings is 1. The topological polar surface area (TPSA) is 51.9 Å². The van der Waals surface area contributed by atoms with E-state index in [1.54, 1.807) is 0 Å². The summed E-state index contributed by atoms with van der Waals surface area (Å²) in [5.74, 6) is 1.36. The van der Waals surface area contributed by atoms with Crippen LogP contribution in [-0.2, 0) is 13.6 Å². The number of nitrogens with one attached hydrogen (secondary N) is 1. The van der Waals surface area contributed by atoms with E-state index < -0.39 is 0 Å². The number of benzene rings is 1. The zero-order valence-electron chi connectivity index (χ0n) is 19.9. The van der Waals surface area contributed by atoms with E-state index in [2.05, 4.69) is 87.5 Å². The first kappa shape index (κ1) is 23.1. The Morgan fingerprint density at radius 3 is 2.52 bits per heavy atom. The van der Waals surface area contributed by atoms with Crippen LogP contribution in [0, 0.1) is 0 Å². The summed E-state index contributed by atoms with van der Waals surface area (Å²) in [6.07, 6.45) is 3.23. The molecule has 3 rings (SSSR count). The normalized spacial score (nSPS) is 15.5. The van der Waals surface area contributed by atoms with E-state index in [0.717, 1.165) is 58.2 Å². The third kappa shape index (κ3) is 6.47. The van der Waals surface area contributed by atoms with Crippen molar-refractivity contribution >= 4 is 11.6 Å². The summed E-state index contributed by atoms with van der Waals surface area (Å²) < 4.78 is 1.91. The highest BCUT2D eigenvalue weighted by Crippen LogP contribution is 2.18. The van der Waals surface area contributed by atoms with Crippen LogP contribution in [0.25, 0.3) is 0 Å². The molecule has 2 aromatic rings. The zero-order chi connectivity index (χ0) is 22.2. The van der Waals surface area contributed by atoms with E-state index in [0.29, 0.717) is 5.92 Å². The zero-order valence-corrected chi connectivity index (χ0v) is 19.9. The van der Waals surface area contributed by atoms with E-state index in [1.807, 2.05) is 18.8 Å². The maximum atomic E-state index is 4.62. The Hall–Kier alpha value is -2.54. The Morgan fingerprint density at radius 1 is 1.16 bits per heavy atom. The lowest BCUT2D eigenvalue weighted by molar-refractivity contribution is 0.255. The number of aryl methyl sites for hydroxylation is 1. The van der Waals surface area contributed by atoms with Gasteiger partial charge in [0.25, 0.3) is 0 Å². The van der Waals surface area contributed by atoms with E-state index in [1.165, 1.54) is 16.9 Å². The van der Waals surface area contributed by atoms with Crippen LogP contribution in [0.1, 0.15) is 37.4 Å². The van der Waals surface area contributed by atoms with Gasteiger partial charge in [-0.25, -0.2) is 0 Å². The van der Waals surface area contributed by atoms with Crippen molar-refractivity contribution < 1.29 is 0 Å². The summed E-state index contributed by atoms with van der Waals surface area (Å²) in [6, 6.07) is 10.7. The lowest BCUT2D eigenvalue weighted by Crippen LogP contribution is -2.47. The summed E-state index contributed by atoms with van der Waals surface area (Å²) in [5, 5.41) is 8.15. The molecule has 2 heterocycles. The van der Waals surface area contributed by atoms with Gasteiger partial charge < -0.3 is 15.1 Å². The standard InChI is InChI=1S/C24H39N7/c1-20(2)23-21(19-29(5)27-23)18-28(4)24(25-3)26-12-9-13-30-14-16-31(17-15-30)22-10-7-6-8-11-22/h6-8,10-11,19-20H,9,12-18H2,1-5H3,(H,25,26). The second kappa shape index (κ2) is 11.2. The van der Waals surface area contributed by atoms with Crippen LogP contribution in [0.2, 0.25) is 0 Å². The number of anilines is 1. The lowest BCUT2D eigenvalue weighted by Gasteiger charge is -2.36. The molecule has 0 radical (unpaired) electrons. The molecule has 31 heavy (non-hydrogen) atoms. The fraction of sp³-hybridized carbons (Fsp3) is 0.583. The molecule has 0 aliphatic carbocycles. The van der Waals surface area contributed by atoms with Crippen LogP contribution in [0.3, 0.4) is 0 Å². The van der Waals surface area contributed by atoms with Gasteiger partial charge in [0.15, 0.2) is 5.96 Å². The highest BCUT2D eigenvalue weighted by Gasteiger charge is 2.17. The summed E-state index contributed by atoms with van der Waals surface area (Å²) in [6.45, 7) is 11.7. The second-order valence-electron chi connectivity index (χ2n) is 8.72. The molecule has 1 N–H and O–H groups in total. The molecule has 0 spiro atoms. The molecule has 7 nitrogen and oxygen atoms in total. The maximum Gasteiger partial charge on any atom is 0.193 e. The highest BCUT2D eigenvalue weighted by molar-refractivity contribution is 5.79. The van der Waals surface area contributed by atoms with E-state index in [-0.39, 0.29) is 0 Å². The second-order valence-corrected chi connectivity index (χ2v) is 8.72. The third-order valence-corrected chi connectivity index (χ3v) is 5.89. The van der Waals surface area contributed by atoms with E-state index in [4.69, 9.17) is 0 Å². The van der Waals surface area contributed by atoms with Crippen LogP contribution in [0.4, 0.5) is 5.69 Å². The first-order valence-electron chi connectivity index (χ1n) is 11.4. The van der Waals surface area contributed by atoms with Gasteiger partial charge in [0.2, 0.25) is 0 Å². The first-order chi connectivity index (χ1) is 15.0. The molecular formula is C24H39N7. The SMILES string of the molecule is CN=C(NCCCN1CCN(c2ccccc2)CC1)N(C)Cc1cn(C)nc1C(C)C. The van der Waals surface area contributed by atoms with Gasteiger partial charge in [0, 0.05) is 77.9 Å². The number of rotatable bonds is 8. The Kier molecular flexibility index (Phi) is 8.35. The van der Waals surface area contributed by atoms with Crippen molar-refractivity contribution in [3.05, 3.63) is 47.8 Å². The third-order valence-electron chi connectivity index (χ3n) is 5.89. The molecule has 170 valence electrons. The summed E-state index contributed by atoms with van der Waals surface area (Å²) in [4.78, 5) is 11.7. The van der Waals surface area contributed by atoms with E-state index in [9.17, 15) is 0 Å². The Labute approximate surface area is 187 Å². The number of para-hydroxylation sites is 1. The number of aliphatic imine (C=N–C) groups is 1. The minimum atomic E-state index is 0.418. The van der Waals surface area contributed by atoms with Gasteiger partial charge in [-0.05, 0) is 31.0 Å². The van der Waals surface area contributed by atoms with Crippen LogP contribution >= 0.6 is 0 Å². The number of hydrogen-bond acceptors (Lipinski definition) is 4.